The smallest absolute Gasteiger partial charge is 0.410 e. The molecule has 2 aromatic heterocycles. The number of nitrogen functional groups attached to an aromatic ring is 1. The van der Waals surface area contributed by atoms with Crippen molar-refractivity contribution in [1.29, 1.82) is 0 Å². The van der Waals surface area contributed by atoms with Crippen molar-refractivity contribution in [2.75, 3.05) is 18.8 Å². The number of ether oxygens (including phenoxy) is 2. The molecule has 0 radical (unpaired) electrons. The second-order valence-electron chi connectivity index (χ2n) is 9.95. The Morgan fingerprint density at radius 3 is 2.59 bits per heavy atom. The van der Waals surface area contributed by atoms with Gasteiger partial charge in [0.1, 0.15) is 45.9 Å². The van der Waals surface area contributed by atoms with Crippen molar-refractivity contribution >= 4 is 34.5 Å². The SMILES string of the molecule is CC(C)(C)OC(=O)N1CCC(n2c(Cl)c(-c3ccc(Oc4cccc(F)c4)cc3)c3c(N)ncnc32)C1. The molecular formula is C27H27ClFN5O3. The summed E-state index contributed by atoms with van der Waals surface area (Å²) < 4.78 is 26.7. The number of halogens is 2. The molecule has 0 aliphatic carbocycles. The first kappa shape index (κ1) is 24.8. The summed E-state index contributed by atoms with van der Waals surface area (Å²) in [5.41, 5.74) is 7.81. The molecule has 1 aliphatic rings. The number of likely N-dealkylation sites (tertiary alicyclic amines) is 1. The van der Waals surface area contributed by atoms with Gasteiger partial charge >= 0.3 is 6.09 Å². The zero-order chi connectivity index (χ0) is 26.3. The number of carbonyl (C=O) groups excluding carboxylic acids is 1. The van der Waals surface area contributed by atoms with E-state index in [0.29, 0.717) is 58.6 Å². The minimum Gasteiger partial charge on any atom is -0.457 e. The van der Waals surface area contributed by atoms with Crippen LogP contribution in [0.5, 0.6) is 11.5 Å². The Morgan fingerprint density at radius 1 is 1.14 bits per heavy atom. The molecule has 1 amide bonds. The van der Waals surface area contributed by atoms with Gasteiger partial charge in [-0.1, -0.05) is 29.8 Å². The number of hydrogen-bond acceptors (Lipinski definition) is 6. The molecule has 2 aromatic carbocycles. The zero-order valence-corrected chi connectivity index (χ0v) is 21.5. The Bertz CT molecular complexity index is 1470. The molecule has 1 saturated heterocycles. The molecule has 10 heteroatoms. The quantitative estimate of drug-likeness (QED) is 0.330. The van der Waals surface area contributed by atoms with Gasteiger partial charge in [0.2, 0.25) is 0 Å². The van der Waals surface area contributed by atoms with Crippen molar-refractivity contribution < 1.29 is 18.7 Å². The predicted molar refractivity (Wildman–Crippen MR) is 140 cm³/mol. The van der Waals surface area contributed by atoms with Gasteiger partial charge in [-0.3, -0.25) is 0 Å². The fraction of sp³-hybridized carbons (Fsp3) is 0.296. The Hall–Kier alpha value is -3.85. The topological polar surface area (TPSA) is 95.5 Å². The summed E-state index contributed by atoms with van der Waals surface area (Å²) in [4.78, 5) is 23.0. The number of aromatic nitrogens is 3. The molecule has 0 saturated carbocycles. The monoisotopic (exact) mass is 523 g/mol. The van der Waals surface area contributed by atoms with Crippen LogP contribution in [0.15, 0.2) is 54.9 Å². The molecule has 2 N–H and O–H groups in total. The lowest BCUT2D eigenvalue weighted by Gasteiger charge is -2.24. The van der Waals surface area contributed by atoms with Gasteiger partial charge in [0, 0.05) is 24.7 Å². The highest BCUT2D eigenvalue weighted by atomic mass is 35.5. The van der Waals surface area contributed by atoms with Crippen LogP contribution in [0.4, 0.5) is 15.0 Å². The Balaban J connectivity index is 1.48. The lowest BCUT2D eigenvalue weighted by Crippen LogP contribution is -2.35. The second-order valence-corrected chi connectivity index (χ2v) is 10.3. The summed E-state index contributed by atoms with van der Waals surface area (Å²) >= 11 is 6.99. The van der Waals surface area contributed by atoms with E-state index in [2.05, 4.69) is 9.97 Å². The first-order valence-corrected chi connectivity index (χ1v) is 12.3. The average molecular weight is 524 g/mol. The summed E-state index contributed by atoms with van der Waals surface area (Å²) in [6.07, 6.45) is 1.74. The van der Waals surface area contributed by atoms with Gasteiger partial charge in [0.05, 0.1) is 11.4 Å². The van der Waals surface area contributed by atoms with Gasteiger partial charge in [0.25, 0.3) is 0 Å². The fourth-order valence-electron chi connectivity index (χ4n) is 4.53. The summed E-state index contributed by atoms with van der Waals surface area (Å²) in [7, 11) is 0. The van der Waals surface area contributed by atoms with Crippen LogP contribution in [0.1, 0.15) is 33.2 Å². The van der Waals surface area contributed by atoms with Crippen molar-refractivity contribution in [1.82, 2.24) is 19.4 Å². The van der Waals surface area contributed by atoms with Gasteiger partial charge in [-0.15, -0.1) is 0 Å². The maximum atomic E-state index is 13.5. The molecule has 0 spiro atoms. The normalized spacial score (nSPS) is 15.8. The number of benzene rings is 2. The van der Waals surface area contributed by atoms with Gasteiger partial charge in [-0.25, -0.2) is 19.2 Å². The van der Waals surface area contributed by atoms with Crippen LogP contribution in [0.25, 0.3) is 22.2 Å². The molecule has 0 bridgehead atoms. The lowest BCUT2D eigenvalue weighted by molar-refractivity contribution is 0.0289. The highest BCUT2D eigenvalue weighted by molar-refractivity contribution is 6.35. The van der Waals surface area contributed by atoms with Crippen LogP contribution in [-0.4, -0.2) is 44.2 Å². The first-order chi connectivity index (χ1) is 17.6. The molecule has 37 heavy (non-hydrogen) atoms. The van der Waals surface area contributed by atoms with Crippen molar-refractivity contribution in [2.24, 2.45) is 0 Å². The van der Waals surface area contributed by atoms with E-state index in [0.717, 1.165) is 5.56 Å². The Labute approximate surface area is 218 Å². The number of nitrogens with two attached hydrogens (primary N) is 1. The second kappa shape index (κ2) is 9.55. The number of fused-ring (bicyclic) bond motifs is 1. The summed E-state index contributed by atoms with van der Waals surface area (Å²) in [6, 6.07) is 13.1. The maximum absolute atomic E-state index is 13.5. The van der Waals surface area contributed by atoms with E-state index in [4.69, 9.17) is 26.8 Å². The molecule has 5 rings (SSSR count). The van der Waals surface area contributed by atoms with E-state index in [1.807, 2.05) is 37.5 Å². The number of hydrogen-bond donors (Lipinski definition) is 1. The van der Waals surface area contributed by atoms with Gasteiger partial charge < -0.3 is 24.7 Å². The molecular weight excluding hydrogens is 497 g/mol. The van der Waals surface area contributed by atoms with Crippen LogP contribution >= 0.6 is 11.6 Å². The van der Waals surface area contributed by atoms with E-state index in [9.17, 15) is 9.18 Å². The van der Waals surface area contributed by atoms with Crippen molar-refractivity contribution in [3.63, 3.8) is 0 Å². The highest BCUT2D eigenvalue weighted by Gasteiger charge is 2.34. The van der Waals surface area contributed by atoms with Crippen LogP contribution in [0.3, 0.4) is 0 Å². The Morgan fingerprint density at radius 2 is 1.89 bits per heavy atom. The molecule has 1 unspecified atom stereocenters. The van der Waals surface area contributed by atoms with E-state index in [1.54, 1.807) is 29.2 Å². The van der Waals surface area contributed by atoms with Crippen LogP contribution < -0.4 is 10.5 Å². The Kier molecular flexibility index (Phi) is 6.41. The number of amides is 1. The maximum Gasteiger partial charge on any atom is 0.410 e. The van der Waals surface area contributed by atoms with E-state index in [1.165, 1.54) is 18.5 Å². The largest absolute Gasteiger partial charge is 0.457 e. The third-order valence-electron chi connectivity index (χ3n) is 6.11. The molecule has 4 aromatic rings. The van der Waals surface area contributed by atoms with Crippen LogP contribution in [0, 0.1) is 5.82 Å². The summed E-state index contributed by atoms with van der Waals surface area (Å²) in [6.45, 7) is 6.50. The highest BCUT2D eigenvalue weighted by Crippen LogP contribution is 2.43. The van der Waals surface area contributed by atoms with E-state index >= 15 is 0 Å². The third-order valence-corrected chi connectivity index (χ3v) is 6.48. The van der Waals surface area contributed by atoms with Gasteiger partial charge in [0.15, 0.2) is 0 Å². The lowest BCUT2D eigenvalue weighted by atomic mass is 10.1. The summed E-state index contributed by atoms with van der Waals surface area (Å²) in [5.74, 6) is 0.877. The van der Waals surface area contributed by atoms with Crippen LogP contribution in [-0.2, 0) is 4.74 Å². The molecule has 1 atom stereocenters. The average Bonchev–Trinajstić information content (AvgIpc) is 3.42. The number of rotatable bonds is 4. The molecule has 1 aliphatic heterocycles. The summed E-state index contributed by atoms with van der Waals surface area (Å²) in [5, 5.41) is 1.10. The van der Waals surface area contributed by atoms with Crippen molar-refractivity contribution in [3.8, 4) is 22.6 Å². The van der Waals surface area contributed by atoms with E-state index < -0.39 is 5.60 Å². The number of nitrogens with zero attached hydrogens (tertiary/aromatic N) is 4. The van der Waals surface area contributed by atoms with Crippen molar-refractivity contribution in [2.45, 2.75) is 38.8 Å². The van der Waals surface area contributed by atoms with Gasteiger partial charge in [-0.05, 0) is 57.0 Å². The molecule has 192 valence electrons. The standard InChI is InChI=1S/C27H27ClFN5O3/c1-27(2,3)37-26(35)33-12-11-18(14-33)34-23(28)21(22-24(30)31-15-32-25(22)34)16-7-9-19(10-8-16)36-20-6-4-5-17(29)13-20/h4-10,13,15,18H,11-12,14H2,1-3H3,(H2,30,31,32). The zero-order valence-electron chi connectivity index (χ0n) is 20.7. The van der Waals surface area contributed by atoms with E-state index in [-0.39, 0.29) is 18.0 Å². The molecule has 1 fully saturated rings. The number of carbonyl (C=O) groups is 1. The van der Waals surface area contributed by atoms with Crippen molar-refractivity contribution in [3.05, 3.63) is 65.8 Å². The van der Waals surface area contributed by atoms with Crippen LogP contribution in [0.2, 0.25) is 5.15 Å². The minimum atomic E-state index is -0.577. The third kappa shape index (κ3) is 5.04. The number of anilines is 1. The fourth-order valence-corrected chi connectivity index (χ4v) is 4.95. The molecule has 3 heterocycles. The molecule has 8 nitrogen and oxygen atoms in total. The minimum absolute atomic E-state index is 0.110. The van der Waals surface area contributed by atoms with Gasteiger partial charge in [-0.2, -0.15) is 0 Å². The predicted octanol–water partition coefficient (Wildman–Crippen LogP) is 6.45. The first-order valence-electron chi connectivity index (χ1n) is 11.9.